The maximum Gasteiger partial charge on any atom is -0.00237 e. The molecule has 0 unspecified atom stereocenters. The van der Waals surface area contributed by atoms with Crippen molar-refractivity contribution in [3.63, 3.8) is 0 Å². The molecule has 0 spiro atoms. The number of fused-ring (bicyclic) bond motifs is 4. The van der Waals surface area contributed by atoms with Crippen molar-refractivity contribution in [2.24, 2.45) is 0 Å². The lowest BCUT2D eigenvalue weighted by molar-refractivity contribution is 1.54. The second-order valence-corrected chi connectivity index (χ2v) is 12.6. The molecule has 0 aliphatic rings. The second kappa shape index (κ2) is 9.15. The van der Waals surface area contributed by atoms with E-state index in [0.29, 0.717) is 0 Å². The summed E-state index contributed by atoms with van der Waals surface area (Å²) in [5.74, 6) is 0. The van der Waals surface area contributed by atoms with E-state index >= 15 is 0 Å². The predicted octanol–water partition coefficient (Wildman–Crippen LogP) is 12.7. The van der Waals surface area contributed by atoms with Crippen LogP contribution in [0.3, 0.4) is 0 Å². The molecule has 0 aliphatic heterocycles. The quantitative estimate of drug-likeness (QED) is 0.128. The summed E-state index contributed by atoms with van der Waals surface area (Å²) in [5, 5.41) is 22.1. The van der Waals surface area contributed by atoms with Gasteiger partial charge in [0.05, 0.1) is 0 Å². The van der Waals surface area contributed by atoms with Gasteiger partial charge in [0.15, 0.2) is 0 Å². The summed E-state index contributed by atoms with van der Waals surface area (Å²) in [5.41, 5.74) is 5.40. The fourth-order valence-corrected chi connectivity index (χ4v) is 8.01. The van der Waals surface area contributed by atoms with Crippen LogP contribution >= 0.6 is 0 Å². The number of hydrogen-bond acceptors (Lipinski definition) is 0. The summed E-state index contributed by atoms with van der Waals surface area (Å²) < 4.78 is 0. The van der Waals surface area contributed by atoms with Crippen molar-refractivity contribution in [2.45, 2.75) is 27.7 Å². The average Bonchev–Trinajstić information content (AvgIpc) is 3.06. The minimum Gasteiger partial charge on any atom is -0.0610 e. The Morgan fingerprint density at radius 1 is 0.205 bits per heavy atom. The van der Waals surface area contributed by atoms with E-state index in [9.17, 15) is 0 Å². The number of benzene rings is 10. The Bertz CT molecular complexity index is 2320. The molecule has 0 aliphatic carbocycles. The van der Waals surface area contributed by atoms with Gasteiger partial charge in [-0.1, -0.05) is 121 Å². The first-order chi connectivity index (χ1) is 21.5. The van der Waals surface area contributed by atoms with Crippen molar-refractivity contribution in [2.75, 3.05) is 0 Å². The van der Waals surface area contributed by atoms with Gasteiger partial charge in [0.25, 0.3) is 0 Å². The highest BCUT2D eigenvalue weighted by molar-refractivity contribution is 6.34. The molecule has 0 atom stereocenters. The van der Waals surface area contributed by atoms with Crippen molar-refractivity contribution in [1.82, 2.24) is 0 Å². The van der Waals surface area contributed by atoms with Crippen molar-refractivity contribution in [3.8, 4) is 0 Å². The van der Waals surface area contributed by atoms with Gasteiger partial charge in [-0.3, -0.25) is 0 Å². The van der Waals surface area contributed by atoms with Crippen LogP contribution in [0, 0.1) is 27.7 Å². The van der Waals surface area contributed by atoms with Crippen molar-refractivity contribution >= 4 is 86.2 Å². The maximum atomic E-state index is 2.29. The van der Waals surface area contributed by atoms with E-state index in [2.05, 4.69) is 149 Å². The number of rotatable bonds is 0. The zero-order valence-electron chi connectivity index (χ0n) is 25.5. The topological polar surface area (TPSA) is 0 Å². The zero-order valence-corrected chi connectivity index (χ0v) is 25.5. The second-order valence-electron chi connectivity index (χ2n) is 12.6. The first-order valence-electron chi connectivity index (χ1n) is 15.6. The summed E-state index contributed by atoms with van der Waals surface area (Å²) in [4.78, 5) is 0. The molecule has 0 nitrogen and oxygen atoms in total. The van der Waals surface area contributed by atoms with E-state index in [4.69, 9.17) is 0 Å². The third-order valence-electron chi connectivity index (χ3n) is 10.2. The van der Waals surface area contributed by atoms with Crippen LogP contribution in [0.25, 0.3) is 86.2 Å². The summed E-state index contributed by atoms with van der Waals surface area (Å²) >= 11 is 0. The third-order valence-corrected chi connectivity index (χ3v) is 10.2. The molecule has 0 saturated carbocycles. The van der Waals surface area contributed by atoms with E-state index in [-0.39, 0.29) is 0 Å². The minimum atomic E-state index is 1.35. The van der Waals surface area contributed by atoms with Gasteiger partial charge in [-0.2, -0.15) is 0 Å². The van der Waals surface area contributed by atoms with Crippen LogP contribution in [0.1, 0.15) is 22.3 Å². The molecule has 0 saturated heterocycles. The molecule has 0 heterocycles. The minimum absolute atomic E-state index is 1.35. The molecular weight excluding hydrogens is 528 g/mol. The van der Waals surface area contributed by atoms with Crippen LogP contribution in [-0.2, 0) is 0 Å². The Morgan fingerprint density at radius 2 is 0.386 bits per heavy atom. The summed E-state index contributed by atoms with van der Waals surface area (Å²) in [7, 11) is 0. The Labute approximate surface area is 256 Å². The normalized spacial score (nSPS) is 12.1. The highest BCUT2D eigenvalue weighted by atomic mass is 14.2. The molecule has 208 valence electrons. The van der Waals surface area contributed by atoms with Gasteiger partial charge in [-0.25, -0.2) is 0 Å². The molecule has 0 radical (unpaired) electrons. The van der Waals surface area contributed by atoms with Crippen LogP contribution in [0.5, 0.6) is 0 Å². The largest absolute Gasteiger partial charge is 0.0610 e. The van der Waals surface area contributed by atoms with Gasteiger partial charge in [-0.05, 0) is 136 Å². The van der Waals surface area contributed by atoms with Crippen molar-refractivity contribution in [1.29, 1.82) is 0 Å². The smallest absolute Gasteiger partial charge is 0.00237 e. The maximum absolute atomic E-state index is 2.29. The van der Waals surface area contributed by atoms with Crippen LogP contribution < -0.4 is 0 Å². The molecule has 0 fully saturated rings. The van der Waals surface area contributed by atoms with Crippen LogP contribution in [0.4, 0.5) is 0 Å². The molecule has 44 heavy (non-hydrogen) atoms. The van der Waals surface area contributed by atoms with E-state index in [0.717, 1.165) is 0 Å². The Balaban J connectivity index is 0.000000123. The van der Waals surface area contributed by atoms with Gasteiger partial charge in [-0.15, -0.1) is 0 Å². The fourth-order valence-electron chi connectivity index (χ4n) is 8.01. The molecule has 0 amide bonds. The van der Waals surface area contributed by atoms with Crippen LogP contribution in [0.2, 0.25) is 0 Å². The summed E-state index contributed by atoms with van der Waals surface area (Å²) in [6.45, 7) is 8.81. The van der Waals surface area contributed by atoms with Crippen LogP contribution in [-0.4, -0.2) is 0 Å². The van der Waals surface area contributed by atoms with E-state index in [1.165, 1.54) is 108 Å². The van der Waals surface area contributed by atoms with Crippen molar-refractivity contribution < 1.29 is 0 Å². The monoisotopic (exact) mass is 560 g/mol. The average molecular weight is 561 g/mol. The standard InChI is InChI=1S/2C22H16/c1-13-9-11-19-18-8-4-6-16-14(2)10-12-20(22(16)18)17-7-3-5-15(13)21(17)19;1-13-9-11-19-20-12-10-14(2)16-6-4-8-18(22(16)20)17-7-3-5-15(13)21(17)19/h2*3-12H,1-2H3. The lowest BCUT2D eigenvalue weighted by Gasteiger charge is -2.16. The molecule has 10 aromatic carbocycles. The number of hydrogen-bond donors (Lipinski definition) is 0. The van der Waals surface area contributed by atoms with Gasteiger partial charge in [0, 0.05) is 0 Å². The molecule has 10 rings (SSSR count). The Hall–Kier alpha value is -5.20. The lowest BCUT2D eigenvalue weighted by Crippen LogP contribution is -1.89. The molecule has 0 aromatic heterocycles. The van der Waals surface area contributed by atoms with Gasteiger partial charge in [0.2, 0.25) is 0 Å². The SMILES string of the molecule is Cc1ccc2c3ccc(C)c4cccc(c5cccc1c52)c43.Cc1ccc2c3cccc4c(C)ccc(c5cccc1c52)c43. The lowest BCUT2D eigenvalue weighted by atomic mass is 9.87. The van der Waals surface area contributed by atoms with Gasteiger partial charge in [0.1, 0.15) is 0 Å². The Kier molecular flexibility index (Phi) is 5.26. The van der Waals surface area contributed by atoms with Crippen molar-refractivity contribution in [3.05, 3.63) is 144 Å². The Morgan fingerprint density at radius 3 is 0.614 bits per heavy atom. The molecule has 10 aromatic rings. The number of aryl methyl sites for hydroxylation is 4. The summed E-state index contributed by atoms with van der Waals surface area (Å²) in [6.07, 6.45) is 0. The predicted molar refractivity (Wildman–Crippen MR) is 194 cm³/mol. The van der Waals surface area contributed by atoms with Crippen LogP contribution in [0.15, 0.2) is 121 Å². The molecule has 0 N–H and O–H groups in total. The molecular formula is C44H32. The fraction of sp³-hybridized carbons (Fsp3) is 0.0909. The first kappa shape index (κ1) is 25.3. The highest BCUT2D eigenvalue weighted by Gasteiger charge is 2.15. The summed E-state index contributed by atoms with van der Waals surface area (Å²) in [6, 6.07) is 45.0. The zero-order chi connectivity index (χ0) is 29.7. The van der Waals surface area contributed by atoms with Gasteiger partial charge >= 0.3 is 0 Å². The first-order valence-corrected chi connectivity index (χ1v) is 15.6. The highest BCUT2D eigenvalue weighted by Crippen LogP contribution is 2.43. The van der Waals surface area contributed by atoms with E-state index < -0.39 is 0 Å². The van der Waals surface area contributed by atoms with E-state index in [1.54, 1.807) is 0 Å². The third kappa shape index (κ3) is 3.34. The molecule has 0 bridgehead atoms. The molecule has 0 heteroatoms. The van der Waals surface area contributed by atoms with E-state index in [1.807, 2.05) is 0 Å². The van der Waals surface area contributed by atoms with Gasteiger partial charge < -0.3 is 0 Å².